The number of imidazole rings is 1. The van der Waals surface area contributed by atoms with Gasteiger partial charge in [0.05, 0.1) is 24.2 Å². The predicted octanol–water partition coefficient (Wildman–Crippen LogP) is 3.13. The molecule has 0 radical (unpaired) electrons. The number of hydrogen-bond donors (Lipinski definition) is 3. The van der Waals surface area contributed by atoms with Crippen LogP contribution < -0.4 is 24.8 Å². The van der Waals surface area contributed by atoms with Crippen LogP contribution in [-0.2, 0) is 22.6 Å². The van der Waals surface area contributed by atoms with E-state index in [0.29, 0.717) is 30.7 Å². The molecule has 2 aliphatic heterocycles. The van der Waals surface area contributed by atoms with Gasteiger partial charge in [0.1, 0.15) is 23.5 Å². The molecule has 4 aromatic rings. The summed E-state index contributed by atoms with van der Waals surface area (Å²) in [6, 6.07) is 16.0. The van der Waals surface area contributed by atoms with Gasteiger partial charge in [0.2, 0.25) is 5.91 Å². The molecular weight excluding hydrogens is 569 g/mol. The molecule has 3 N–H and O–H groups in total. The van der Waals surface area contributed by atoms with Crippen molar-refractivity contribution in [2.45, 2.75) is 38.0 Å². The molecular formula is C32H32FN5O6. The molecule has 228 valence electrons. The van der Waals surface area contributed by atoms with Crippen molar-refractivity contribution in [3.05, 3.63) is 83.4 Å². The first-order valence-electron chi connectivity index (χ1n) is 14.4. The quantitative estimate of drug-likeness (QED) is 0.327. The van der Waals surface area contributed by atoms with E-state index >= 15 is 0 Å². The average Bonchev–Trinajstić information content (AvgIpc) is 3.45. The molecule has 12 heteroatoms. The zero-order valence-electron chi connectivity index (χ0n) is 24.1. The van der Waals surface area contributed by atoms with Crippen LogP contribution in [0, 0.1) is 5.82 Å². The number of ether oxygens (including phenoxy) is 3. The normalized spacial score (nSPS) is 18.8. The van der Waals surface area contributed by atoms with Crippen LogP contribution in [-0.4, -0.2) is 71.5 Å². The molecule has 3 heterocycles. The van der Waals surface area contributed by atoms with Crippen LogP contribution in [0.5, 0.6) is 17.2 Å². The Bertz CT molecular complexity index is 1670. The second-order valence-corrected chi connectivity index (χ2v) is 10.8. The molecule has 3 aromatic carbocycles. The summed E-state index contributed by atoms with van der Waals surface area (Å²) in [5.74, 6) is 0.100. The van der Waals surface area contributed by atoms with Crippen molar-refractivity contribution in [3.63, 3.8) is 0 Å². The molecule has 11 nitrogen and oxygen atoms in total. The summed E-state index contributed by atoms with van der Waals surface area (Å²) < 4.78 is 31.8. The number of benzene rings is 3. The van der Waals surface area contributed by atoms with Crippen molar-refractivity contribution < 1.29 is 33.0 Å². The van der Waals surface area contributed by atoms with Gasteiger partial charge in [0.15, 0.2) is 18.1 Å². The number of nitrogens with zero attached hydrogens (tertiary/aromatic N) is 2. The first-order chi connectivity index (χ1) is 21.3. The molecule has 0 unspecified atom stereocenters. The molecule has 6 rings (SSSR count). The Labute approximate surface area is 252 Å². The van der Waals surface area contributed by atoms with Gasteiger partial charge in [-0.3, -0.25) is 14.4 Å². The molecule has 0 aliphatic carbocycles. The highest BCUT2D eigenvalue weighted by Crippen LogP contribution is 2.29. The number of piperidine rings is 1. The molecule has 0 spiro atoms. The minimum Gasteiger partial charge on any atom is -0.493 e. The Morgan fingerprint density at radius 1 is 1.14 bits per heavy atom. The molecule has 44 heavy (non-hydrogen) atoms. The maximum atomic E-state index is 14.5. The van der Waals surface area contributed by atoms with E-state index in [4.69, 9.17) is 14.2 Å². The number of hydrogen-bond acceptors (Lipinski definition) is 7. The maximum Gasteiger partial charge on any atom is 0.258 e. The lowest BCUT2D eigenvalue weighted by Gasteiger charge is -2.39. The number of methoxy groups -OCH3 is 1. The van der Waals surface area contributed by atoms with E-state index in [1.165, 1.54) is 25.3 Å². The largest absolute Gasteiger partial charge is 0.493 e. The number of aromatic amines is 1. The van der Waals surface area contributed by atoms with Gasteiger partial charge >= 0.3 is 0 Å². The van der Waals surface area contributed by atoms with Gasteiger partial charge in [-0.15, -0.1) is 0 Å². The predicted molar refractivity (Wildman–Crippen MR) is 158 cm³/mol. The SMILES string of the molecule is COc1ccc2cc1OCC(=O)NCc1cc(F)cc(c1)O[C@@H]1CCN(C(=O)CCc3nc4ccccc4[nH]3)C[C@@H]1NC2=O. The van der Waals surface area contributed by atoms with Crippen LogP contribution in [0.1, 0.15) is 34.6 Å². The second-order valence-electron chi connectivity index (χ2n) is 10.8. The van der Waals surface area contributed by atoms with Gasteiger partial charge in [-0.05, 0) is 48.0 Å². The Balaban J connectivity index is 1.23. The van der Waals surface area contributed by atoms with Crippen molar-refractivity contribution in [2.24, 2.45) is 0 Å². The van der Waals surface area contributed by atoms with Crippen LogP contribution >= 0.6 is 0 Å². The zero-order valence-corrected chi connectivity index (χ0v) is 24.1. The minimum atomic E-state index is -0.600. The summed E-state index contributed by atoms with van der Waals surface area (Å²) >= 11 is 0. The number of carbonyl (C=O) groups is 3. The topological polar surface area (TPSA) is 135 Å². The number of aromatic nitrogens is 2. The Morgan fingerprint density at radius 3 is 2.84 bits per heavy atom. The fourth-order valence-corrected chi connectivity index (χ4v) is 5.49. The molecule has 3 amide bonds. The van der Waals surface area contributed by atoms with Gasteiger partial charge in [-0.2, -0.15) is 0 Å². The van der Waals surface area contributed by atoms with Crippen molar-refractivity contribution in [1.82, 2.24) is 25.5 Å². The van der Waals surface area contributed by atoms with E-state index < -0.39 is 29.8 Å². The highest BCUT2D eigenvalue weighted by atomic mass is 19.1. The number of fused-ring (bicyclic) bond motifs is 6. The lowest BCUT2D eigenvalue weighted by molar-refractivity contribution is -0.133. The molecule has 1 saturated heterocycles. The Hall–Kier alpha value is -5.13. The number of aryl methyl sites for hydroxylation is 1. The smallest absolute Gasteiger partial charge is 0.258 e. The molecule has 1 aromatic heterocycles. The van der Waals surface area contributed by atoms with Crippen molar-refractivity contribution in [1.29, 1.82) is 0 Å². The second kappa shape index (κ2) is 12.6. The van der Waals surface area contributed by atoms with Crippen molar-refractivity contribution >= 4 is 28.8 Å². The molecule has 0 saturated carbocycles. The van der Waals surface area contributed by atoms with Gasteiger partial charge in [-0.1, -0.05) is 12.1 Å². The highest BCUT2D eigenvalue weighted by Gasteiger charge is 2.34. The molecule has 4 bridgehead atoms. The number of halogens is 1. The number of para-hydroxylation sites is 2. The lowest BCUT2D eigenvalue weighted by atomic mass is 10.00. The van der Waals surface area contributed by atoms with Crippen LogP contribution in [0.25, 0.3) is 11.0 Å². The number of amides is 3. The fraction of sp³-hybridized carbons (Fsp3) is 0.312. The first-order valence-corrected chi connectivity index (χ1v) is 14.4. The third-order valence-electron chi connectivity index (χ3n) is 7.73. The summed E-state index contributed by atoms with van der Waals surface area (Å²) in [7, 11) is 1.46. The molecule has 2 aliphatic rings. The van der Waals surface area contributed by atoms with E-state index in [0.717, 1.165) is 16.9 Å². The van der Waals surface area contributed by atoms with E-state index in [-0.39, 0.29) is 49.1 Å². The van der Waals surface area contributed by atoms with E-state index in [1.54, 1.807) is 23.1 Å². The fourth-order valence-electron chi connectivity index (χ4n) is 5.49. The summed E-state index contributed by atoms with van der Waals surface area (Å²) in [6.45, 7) is 0.323. The monoisotopic (exact) mass is 601 g/mol. The van der Waals surface area contributed by atoms with E-state index in [2.05, 4.69) is 20.6 Å². The van der Waals surface area contributed by atoms with Gasteiger partial charge < -0.3 is 34.7 Å². The van der Waals surface area contributed by atoms with Crippen LogP contribution in [0.4, 0.5) is 4.39 Å². The first kappa shape index (κ1) is 29.0. The highest BCUT2D eigenvalue weighted by molar-refractivity contribution is 5.95. The summed E-state index contributed by atoms with van der Waals surface area (Å²) in [4.78, 5) is 48.8. The lowest BCUT2D eigenvalue weighted by Crippen LogP contribution is -2.58. The Kier molecular flexibility index (Phi) is 8.31. The van der Waals surface area contributed by atoms with Gasteiger partial charge in [0, 0.05) is 50.5 Å². The third-order valence-corrected chi connectivity index (χ3v) is 7.73. The number of likely N-dealkylation sites (tertiary alicyclic amines) is 1. The van der Waals surface area contributed by atoms with E-state index in [9.17, 15) is 18.8 Å². The standard InChI is InChI=1S/C32H32FN5O6/c1-42-27-7-6-20-14-28(27)43-18-30(39)34-16-19-12-21(33)15-22(13-19)44-26-10-11-38(17-25(26)37-32(20)41)31(40)9-8-29-35-23-4-2-3-5-24(23)36-29/h2-7,12-15,25-26H,8-11,16-18H2,1H3,(H,34,39)(H,35,36)(H,37,41)/t25-,26+/m0/s1. The van der Waals surface area contributed by atoms with Crippen LogP contribution in [0.3, 0.4) is 0 Å². The van der Waals surface area contributed by atoms with E-state index in [1.807, 2.05) is 24.3 Å². The maximum absolute atomic E-state index is 14.5. The van der Waals surface area contributed by atoms with Gasteiger partial charge in [-0.25, -0.2) is 9.37 Å². The average molecular weight is 602 g/mol. The molecule has 2 atom stereocenters. The third kappa shape index (κ3) is 6.59. The summed E-state index contributed by atoms with van der Waals surface area (Å²) in [5.41, 5.74) is 2.53. The summed E-state index contributed by atoms with van der Waals surface area (Å²) in [5, 5.41) is 5.71. The van der Waals surface area contributed by atoms with Gasteiger partial charge in [0.25, 0.3) is 11.8 Å². The summed E-state index contributed by atoms with van der Waals surface area (Å²) in [6.07, 6.45) is 0.535. The number of nitrogens with one attached hydrogen (secondary N) is 3. The molecule has 1 fully saturated rings. The minimum absolute atomic E-state index is 0.0613. The van der Waals surface area contributed by atoms with Crippen molar-refractivity contribution in [3.8, 4) is 17.2 Å². The number of rotatable bonds is 4. The number of H-pyrrole nitrogens is 1. The van der Waals surface area contributed by atoms with Crippen LogP contribution in [0.15, 0.2) is 60.7 Å². The Morgan fingerprint density at radius 2 is 2.00 bits per heavy atom. The van der Waals surface area contributed by atoms with Crippen LogP contribution in [0.2, 0.25) is 0 Å². The zero-order chi connectivity index (χ0) is 30.6. The van der Waals surface area contributed by atoms with Crippen molar-refractivity contribution in [2.75, 3.05) is 26.8 Å². The number of carbonyl (C=O) groups excluding carboxylic acids is 3.